The molecular formula is C27H31N3O4. The van der Waals surface area contributed by atoms with Crippen molar-refractivity contribution < 1.29 is 19.5 Å². The lowest BCUT2D eigenvalue weighted by molar-refractivity contribution is -0.139. The fourth-order valence-electron chi connectivity index (χ4n) is 3.33. The minimum absolute atomic E-state index is 0.313. The van der Waals surface area contributed by atoms with Crippen molar-refractivity contribution in [1.82, 2.24) is 10.3 Å². The van der Waals surface area contributed by atoms with Crippen LogP contribution in [0.25, 0.3) is 11.3 Å². The number of benzene rings is 2. The van der Waals surface area contributed by atoms with Crippen LogP contribution in [0.5, 0.6) is 5.75 Å². The smallest absolute Gasteiger partial charge is 0.321 e. The van der Waals surface area contributed by atoms with Crippen LogP contribution < -0.4 is 10.1 Å². The number of aliphatic carboxylic acids is 1. The Hall–Kier alpha value is -3.71. The SMILES string of the molecule is CCCNC(Cc1ccc(OCCO/N=C(/C)c2ccc(-c3ccccn3)cc2)cc1)C(=O)O. The van der Waals surface area contributed by atoms with Gasteiger partial charge in [0.1, 0.15) is 18.4 Å². The molecule has 0 radical (unpaired) electrons. The lowest BCUT2D eigenvalue weighted by Crippen LogP contribution is -2.38. The monoisotopic (exact) mass is 461 g/mol. The summed E-state index contributed by atoms with van der Waals surface area (Å²) in [6.45, 7) is 5.25. The van der Waals surface area contributed by atoms with Gasteiger partial charge >= 0.3 is 5.97 Å². The van der Waals surface area contributed by atoms with Gasteiger partial charge in [-0.3, -0.25) is 9.78 Å². The van der Waals surface area contributed by atoms with Crippen LogP contribution in [0, 0.1) is 0 Å². The lowest BCUT2D eigenvalue weighted by Gasteiger charge is -2.14. The lowest BCUT2D eigenvalue weighted by atomic mass is 10.1. The Kier molecular flexibility index (Phi) is 9.61. The highest BCUT2D eigenvalue weighted by molar-refractivity contribution is 5.98. The Bertz CT molecular complexity index is 1050. The van der Waals surface area contributed by atoms with Crippen LogP contribution in [0.1, 0.15) is 31.4 Å². The highest BCUT2D eigenvalue weighted by Crippen LogP contribution is 2.17. The molecule has 0 saturated heterocycles. The predicted molar refractivity (Wildman–Crippen MR) is 133 cm³/mol. The number of carbonyl (C=O) groups is 1. The van der Waals surface area contributed by atoms with Gasteiger partial charge in [-0.1, -0.05) is 54.5 Å². The van der Waals surface area contributed by atoms with Gasteiger partial charge in [-0.25, -0.2) is 0 Å². The largest absolute Gasteiger partial charge is 0.490 e. The normalized spacial score (nSPS) is 12.2. The summed E-state index contributed by atoms with van der Waals surface area (Å²) in [5, 5.41) is 16.6. The number of carboxylic acid groups (broad SMARTS) is 1. The fourth-order valence-corrected chi connectivity index (χ4v) is 3.33. The van der Waals surface area contributed by atoms with Crippen molar-refractivity contribution in [2.24, 2.45) is 5.16 Å². The molecule has 7 heteroatoms. The zero-order valence-electron chi connectivity index (χ0n) is 19.6. The summed E-state index contributed by atoms with van der Waals surface area (Å²) >= 11 is 0. The molecule has 1 aromatic heterocycles. The number of hydrogen-bond acceptors (Lipinski definition) is 6. The number of ether oxygens (including phenoxy) is 1. The molecule has 0 aliphatic rings. The maximum absolute atomic E-state index is 11.4. The van der Waals surface area contributed by atoms with E-state index in [1.165, 1.54) is 0 Å². The second-order valence-electron chi connectivity index (χ2n) is 7.84. The Balaban J connectivity index is 1.42. The predicted octanol–water partition coefficient (Wildman–Crippen LogP) is 4.56. The first-order chi connectivity index (χ1) is 16.6. The molecule has 2 N–H and O–H groups in total. The maximum atomic E-state index is 11.4. The number of nitrogens with zero attached hydrogens (tertiary/aromatic N) is 2. The topological polar surface area (TPSA) is 93.0 Å². The van der Waals surface area contributed by atoms with Crippen molar-refractivity contribution in [3.05, 3.63) is 84.1 Å². The first kappa shape index (κ1) is 24.9. The summed E-state index contributed by atoms with van der Waals surface area (Å²) in [4.78, 5) is 21.1. The second-order valence-corrected chi connectivity index (χ2v) is 7.84. The molecule has 0 fully saturated rings. The molecule has 1 heterocycles. The van der Waals surface area contributed by atoms with Crippen molar-refractivity contribution >= 4 is 11.7 Å². The van der Waals surface area contributed by atoms with Crippen molar-refractivity contribution in [3.8, 4) is 17.0 Å². The van der Waals surface area contributed by atoms with Crippen LogP contribution in [0.15, 0.2) is 78.1 Å². The first-order valence-electron chi connectivity index (χ1n) is 11.4. The van der Waals surface area contributed by atoms with Crippen molar-refractivity contribution in [3.63, 3.8) is 0 Å². The quantitative estimate of drug-likeness (QED) is 0.220. The van der Waals surface area contributed by atoms with Crippen LogP contribution in [0.4, 0.5) is 0 Å². The average Bonchev–Trinajstić information content (AvgIpc) is 2.87. The van der Waals surface area contributed by atoms with Crippen molar-refractivity contribution in [2.45, 2.75) is 32.7 Å². The molecule has 0 aliphatic carbocycles. The van der Waals surface area contributed by atoms with Gasteiger partial charge in [0, 0.05) is 11.8 Å². The zero-order chi connectivity index (χ0) is 24.2. The molecule has 0 bridgehead atoms. The highest BCUT2D eigenvalue weighted by atomic mass is 16.6. The summed E-state index contributed by atoms with van der Waals surface area (Å²) < 4.78 is 5.70. The van der Waals surface area contributed by atoms with Crippen LogP contribution in [-0.2, 0) is 16.1 Å². The Morgan fingerprint density at radius 2 is 1.82 bits per heavy atom. The van der Waals surface area contributed by atoms with Crippen LogP contribution in [-0.4, -0.2) is 47.6 Å². The Labute approximate surface area is 200 Å². The summed E-state index contributed by atoms with van der Waals surface area (Å²) in [7, 11) is 0. The number of pyridine rings is 1. The van der Waals surface area contributed by atoms with Crippen molar-refractivity contribution in [2.75, 3.05) is 19.8 Å². The van der Waals surface area contributed by atoms with Crippen LogP contribution in [0.2, 0.25) is 0 Å². The molecule has 2 aromatic carbocycles. The summed E-state index contributed by atoms with van der Waals surface area (Å²) in [5.74, 6) is -0.141. The molecule has 1 unspecified atom stereocenters. The number of rotatable bonds is 13. The third kappa shape index (κ3) is 7.71. The number of oxime groups is 1. The molecule has 0 saturated carbocycles. The van der Waals surface area contributed by atoms with Crippen LogP contribution >= 0.6 is 0 Å². The second kappa shape index (κ2) is 13.1. The molecule has 1 atom stereocenters. The molecule has 0 spiro atoms. The van der Waals surface area contributed by atoms with E-state index in [1.807, 2.05) is 80.6 Å². The van der Waals surface area contributed by atoms with E-state index in [0.29, 0.717) is 31.9 Å². The molecule has 0 aliphatic heterocycles. The first-order valence-corrected chi connectivity index (χ1v) is 11.4. The van der Waals surface area contributed by atoms with Gasteiger partial charge < -0.3 is 20.0 Å². The summed E-state index contributed by atoms with van der Waals surface area (Å²) in [6, 6.07) is 20.7. The summed E-state index contributed by atoms with van der Waals surface area (Å²) in [6.07, 6.45) is 3.09. The van der Waals surface area contributed by atoms with E-state index in [-0.39, 0.29) is 0 Å². The minimum atomic E-state index is -0.842. The number of carboxylic acids is 1. The van der Waals surface area contributed by atoms with Crippen LogP contribution in [0.3, 0.4) is 0 Å². The Morgan fingerprint density at radius 1 is 1.06 bits per heavy atom. The fraction of sp³-hybridized carbons (Fsp3) is 0.296. The summed E-state index contributed by atoms with van der Waals surface area (Å²) in [5.41, 5.74) is 4.67. The molecular weight excluding hydrogens is 430 g/mol. The zero-order valence-corrected chi connectivity index (χ0v) is 19.6. The van der Waals surface area contributed by atoms with E-state index in [4.69, 9.17) is 9.57 Å². The van der Waals surface area contributed by atoms with E-state index in [9.17, 15) is 9.90 Å². The number of aromatic nitrogens is 1. The van der Waals surface area contributed by atoms with Gasteiger partial charge in [0.2, 0.25) is 0 Å². The van der Waals surface area contributed by atoms with E-state index in [0.717, 1.165) is 34.5 Å². The van der Waals surface area contributed by atoms with Crippen molar-refractivity contribution in [1.29, 1.82) is 0 Å². The highest BCUT2D eigenvalue weighted by Gasteiger charge is 2.16. The average molecular weight is 462 g/mol. The van der Waals surface area contributed by atoms with Gasteiger partial charge in [0.25, 0.3) is 0 Å². The van der Waals surface area contributed by atoms with Gasteiger partial charge in [-0.05, 0) is 61.7 Å². The van der Waals surface area contributed by atoms with Gasteiger partial charge in [0.05, 0.1) is 11.4 Å². The Morgan fingerprint density at radius 3 is 2.47 bits per heavy atom. The molecule has 178 valence electrons. The maximum Gasteiger partial charge on any atom is 0.321 e. The molecule has 34 heavy (non-hydrogen) atoms. The third-order valence-electron chi connectivity index (χ3n) is 5.21. The van der Waals surface area contributed by atoms with E-state index in [2.05, 4.69) is 15.5 Å². The van der Waals surface area contributed by atoms with Gasteiger partial charge in [-0.2, -0.15) is 0 Å². The number of nitrogens with one attached hydrogen (secondary N) is 1. The molecule has 3 rings (SSSR count). The molecule has 0 amide bonds. The number of hydrogen-bond donors (Lipinski definition) is 2. The van der Waals surface area contributed by atoms with Gasteiger partial charge in [-0.15, -0.1) is 0 Å². The van der Waals surface area contributed by atoms with E-state index in [1.54, 1.807) is 6.20 Å². The molecule has 7 nitrogen and oxygen atoms in total. The van der Waals surface area contributed by atoms with E-state index < -0.39 is 12.0 Å². The van der Waals surface area contributed by atoms with E-state index >= 15 is 0 Å². The van der Waals surface area contributed by atoms with Gasteiger partial charge in [0.15, 0.2) is 6.61 Å². The standard InChI is InChI=1S/C27H31N3O4/c1-3-15-28-26(27(31)32)19-21-7-13-24(14-8-21)33-17-18-34-30-20(2)22-9-11-23(12-10-22)25-6-4-5-16-29-25/h4-14,16,26,28H,3,15,17-19H2,1-2H3,(H,31,32)/b30-20-. The molecule has 3 aromatic rings. The minimum Gasteiger partial charge on any atom is -0.490 e. The third-order valence-corrected chi connectivity index (χ3v) is 5.21.